The van der Waals surface area contributed by atoms with Crippen molar-refractivity contribution in [3.63, 3.8) is 0 Å². The number of likely N-dealkylation sites (tertiary alicyclic amines) is 1. The van der Waals surface area contributed by atoms with Gasteiger partial charge in [0.2, 0.25) is 0 Å². The predicted octanol–water partition coefficient (Wildman–Crippen LogP) is 2.90. The van der Waals surface area contributed by atoms with Crippen molar-refractivity contribution in [2.24, 2.45) is 5.73 Å². The minimum absolute atomic E-state index is 0.0971. The topological polar surface area (TPSA) is 64.8 Å². The van der Waals surface area contributed by atoms with Crippen molar-refractivity contribution < 1.29 is 14.3 Å². The van der Waals surface area contributed by atoms with Crippen molar-refractivity contribution in [1.82, 2.24) is 4.90 Å². The first-order valence-corrected chi connectivity index (χ1v) is 10.0. The molecule has 28 heavy (non-hydrogen) atoms. The number of benzene rings is 2. The molecule has 2 heterocycles. The molecule has 1 amide bonds. The van der Waals surface area contributed by atoms with Gasteiger partial charge in [0, 0.05) is 18.7 Å². The largest absolute Gasteiger partial charge is 0.497 e. The molecule has 0 unspecified atom stereocenters. The van der Waals surface area contributed by atoms with E-state index in [-0.39, 0.29) is 11.5 Å². The van der Waals surface area contributed by atoms with Gasteiger partial charge in [-0.2, -0.15) is 0 Å². The minimum Gasteiger partial charge on any atom is -0.497 e. The summed E-state index contributed by atoms with van der Waals surface area (Å²) in [6, 6.07) is 14.1. The van der Waals surface area contributed by atoms with Crippen molar-refractivity contribution >= 4 is 5.91 Å². The summed E-state index contributed by atoms with van der Waals surface area (Å²) in [5.41, 5.74) is 9.80. The number of carbonyl (C=O) groups excluding carboxylic acids is 1. The molecule has 0 bridgehead atoms. The molecule has 2 aliphatic heterocycles. The molecule has 0 atom stereocenters. The van der Waals surface area contributed by atoms with E-state index >= 15 is 0 Å². The molecule has 1 saturated heterocycles. The van der Waals surface area contributed by atoms with E-state index in [1.807, 2.05) is 35.2 Å². The van der Waals surface area contributed by atoms with Crippen LogP contribution < -0.4 is 10.5 Å². The van der Waals surface area contributed by atoms with Gasteiger partial charge < -0.3 is 20.1 Å². The summed E-state index contributed by atoms with van der Waals surface area (Å²) in [5.74, 6) is 0.987. The van der Waals surface area contributed by atoms with E-state index in [0.717, 1.165) is 43.6 Å². The number of ether oxygens (including phenoxy) is 2. The Morgan fingerprint density at radius 3 is 2.61 bits per heavy atom. The van der Waals surface area contributed by atoms with Crippen molar-refractivity contribution in [2.75, 3.05) is 33.4 Å². The molecule has 5 heteroatoms. The summed E-state index contributed by atoms with van der Waals surface area (Å²) in [4.78, 5) is 14.9. The molecule has 0 radical (unpaired) electrons. The number of nitrogens with two attached hydrogens (primary N) is 1. The molecule has 1 fully saturated rings. The zero-order valence-electron chi connectivity index (χ0n) is 16.4. The van der Waals surface area contributed by atoms with Crippen LogP contribution in [0.15, 0.2) is 42.5 Å². The molecular formula is C23H28N2O3. The Morgan fingerprint density at radius 2 is 1.93 bits per heavy atom. The highest BCUT2D eigenvalue weighted by atomic mass is 16.5. The average molecular weight is 380 g/mol. The SMILES string of the molecule is COc1ccc2c(c1)CCOC21CCN(C(=O)c2ccc(CCN)cc2)CC1. The van der Waals surface area contributed by atoms with Gasteiger partial charge in [-0.3, -0.25) is 4.79 Å². The average Bonchev–Trinajstić information content (AvgIpc) is 2.74. The van der Waals surface area contributed by atoms with Crippen LogP contribution >= 0.6 is 0 Å². The summed E-state index contributed by atoms with van der Waals surface area (Å²) in [6.07, 6.45) is 3.39. The molecule has 0 aromatic heterocycles. The number of methoxy groups -OCH3 is 1. The smallest absolute Gasteiger partial charge is 0.253 e. The normalized spacial score (nSPS) is 18.0. The Bertz CT molecular complexity index is 839. The van der Waals surface area contributed by atoms with Crippen LogP contribution in [0.25, 0.3) is 0 Å². The van der Waals surface area contributed by atoms with Crippen LogP contribution in [0, 0.1) is 0 Å². The fourth-order valence-electron chi connectivity index (χ4n) is 4.43. The second-order valence-electron chi connectivity index (χ2n) is 7.64. The predicted molar refractivity (Wildman–Crippen MR) is 109 cm³/mol. The maximum Gasteiger partial charge on any atom is 0.253 e. The van der Waals surface area contributed by atoms with Crippen molar-refractivity contribution in [1.29, 1.82) is 0 Å². The lowest BCUT2D eigenvalue weighted by Gasteiger charge is -2.45. The summed E-state index contributed by atoms with van der Waals surface area (Å²) >= 11 is 0. The molecule has 1 spiro atoms. The maximum absolute atomic E-state index is 12.9. The summed E-state index contributed by atoms with van der Waals surface area (Å²) in [7, 11) is 1.70. The van der Waals surface area contributed by atoms with Gasteiger partial charge in [0.05, 0.1) is 19.3 Å². The lowest BCUT2D eigenvalue weighted by atomic mass is 9.79. The zero-order chi connectivity index (χ0) is 19.6. The lowest BCUT2D eigenvalue weighted by molar-refractivity contribution is -0.0935. The van der Waals surface area contributed by atoms with Crippen LogP contribution in [0.1, 0.15) is 39.9 Å². The number of hydrogen-bond donors (Lipinski definition) is 1. The minimum atomic E-state index is -0.276. The van der Waals surface area contributed by atoms with E-state index in [1.54, 1.807) is 7.11 Å². The molecule has 4 rings (SSSR count). The second kappa shape index (κ2) is 7.94. The Morgan fingerprint density at radius 1 is 1.18 bits per heavy atom. The highest BCUT2D eigenvalue weighted by Crippen LogP contribution is 2.42. The van der Waals surface area contributed by atoms with E-state index in [9.17, 15) is 4.79 Å². The first-order valence-electron chi connectivity index (χ1n) is 10.0. The van der Waals surface area contributed by atoms with Gasteiger partial charge in [0.25, 0.3) is 5.91 Å². The number of nitrogens with zero attached hydrogens (tertiary/aromatic N) is 1. The molecule has 5 nitrogen and oxygen atoms in total. The number of rotatable bonds is 4. The van der Waals surface area contributed by atoms with E-state index in [0.29, 0.717) is 19.6 Å². The van der Waals surface area contributed by atoms with Crippen LogP contribution in [0.5, 0.6) is 5.75 Å². The number of piperidine rings is 1. The highest BCUT2D eigenvalue weighted by molar-refractivity contribution is 5.94. The van der Waals surface area contributed by atoms with E-state index in [4.69, 9.17) is 15.2 Å². The molecule has 2 aliphatic rings. The maximum atomic E-state index is 12.9. The molecule has 2 N–H and O–H groups in total. The van der Waals surface area contributed by atoms with Gasteiger partial charge in [0.1, 0.15) is 5.75 Å². The van der Waals surface area contributed by atoms with Crippen LogP contribution in [0.3, 0.4) is 0 Å². The number of amides is 1. The Labute approximate surface area is 166 Å². The third-order valence-corrected chi connectivity index (χ3v) is 6.05. The van der Waals surface area contributed by atoms with Gasteiger partial charge in [-0.25, -0.2) is 0 Å². The van der Waals surface area contributed by atoms with Crippen molar-refractivity contribution in [3.05, 3.63) is 64.7 Å². The van der Waals surface area contributed by atoms with Crippen molar-refractivity contribution in [3.8, 4) is 5.75 Å². The van der Waals surface area contributed by atoms with Gasteiger partial charge >= 0.3 is 0 Å². The number of carbonyl (C=O) groups is 1. The number of hydrogen-bond acceptors (Lipinski definition) is 4. The Balaban J connectivity index is 1.47. The molecule has 2 aromatic carbocycles. The van der Waals surface area contributed by atoms with Crippen LogP contribution in [0.2, 0.25) is 0 Å². The summed E-state index contributed by atoms with van der Waals surface area (Å²) in [6.45, 7) is 2.75. The fourth-order valence-corrected chi connectivity index (χ4v) is 4.43. The fraction of sp³-hybridized carbons (Fsp3) is 0.435. The van der Waals surface area contributed by atoms with Gasteiger partial charge in [0.15, 0.2) is 0 Å². The molecule has 0 aliphatic carbocycles. The summed E-state index contributed by atoms with van der Waals surface area (Å²) < 4.78 is 11.7. The standard InChI is InChI=1S/C23H28N2O3/c1-27-20-6-7-21-19(16-20)9-15-28-23(21)10-13-25(14-11-23)22(26)18-4-2-17(3-5-18)8-12-24/h2-7,16H,8-15,24H2,1H3. The highest BCUT2D eigenvalue weighted by Gasteiger charge is 2.41. The third kappa shape index (κ3) is 3.52. The Hall–Kier alpha value is -2.37. The van der Waals surface area contributed by atoms with E-state index in [2.05, 4.69) is 12.1 Å². The lowest BCUT2D eigenvalue weighted by Crippen LogP contribution is -2.48. The van der Waals surface area contributed by atoms with E-state index < -0.39 is 0 Å². The van der Waals surface area contributed by atoms with Gasteiger partial charge in [-0.05, 0) is 73.2 Å². The van der Waals surface area contributed by atoms with Crippen LogP contribution in [-0.2, 0) is 23.2 Å². The first kappa shape index (κ1) is 19.0. The van der Waals surface area contributed by atoms with Crippen LogP contribution in [-0.4, -0.2) is 44.2 Å². The molecule has 2 aromatic rings. The molecular weight excluding hydrogens is 352 g/mol. The van der Waals surface area contributed by atoms with Gasteiger partial charge in [-0.15, -0.1) is 0 Å². The van der Waals surface area contributed by atoms with E-state index in [1.165, 1.54) is 16.7 Å². The molecule has 0 saturated carbocycles. The Kier molecular flexibility index (Phi) is 5.38. The zero-order valence-corrected chi connectivity index (χ0v) is 16.4. The number of fused-ring (bicyclic) bond motifs is 2. The van der Waals surface area contributed by atoms with Crippen molar-refractivity contribution in [2.45, 2.75) is 31.3 Å². The quantitative estimate of drug-likeness (QED) is 0.886. The monoisotopic (exact) mass is 380 g/mol. The molecule has 148 valence electrons. The van der Waals surface area contributed by atoms with Gasteiger partial charge in [-0.1, -0.05) is 18.2 Å². The second-order valence-corrected chi connectivity index (χ2v) is 7.64. The first-order chi connectivity index (χ1) is 13.6. The van der Waals surface area contributed by atoms with Crippen LogP contribution in [0.4, 0.5) is 0 Å². The summed E-state index contributed by atoms with van der Waals surface area (Å²) in [5, 5.41) is 0. The third-order valence-electron chi connectivity index (χ3n) is 6.05.